The lowest BCUT2D eigenvalue weighted by Crippen LogP contribution is -2.30. The van der Waals surface area contributed by atoms with Crippen LogP contribution in [0.1, 0.15) is 97.8 Å². The van der Waals surface area contributed by atoms with E-state index in [2.05, 4.69) is 20.8 Å². The van der Waals surface area contributed by atoms with Crippen LogP contribution in [0.5, 0.6) is 0 Å². The van der Waals surface area contributed by atoms with Crippen molar-refractivity contribution < 1.29 is 0 Å². The second-order valence-electron chi connectivity index (χ2n) is 8.78. The fourth-order valence-corrected chi connectivity index (χ4v) is 4.03. The van der Waals surface area contributed by atoms with E-state index in [9.17, 15) is 0 Å². The maximum atomic E-state index is 5.78. The molecule has 0 aromatic carbocycles. The molecule has 3 aliphatic rings. The van der Waals surface area contributed by atoms with Gasteiger partial charge in [-0.3, -0.25) is 0 Å². The van der Waals surface area contributed by atoms with Crippen LogP contribution in [0, 0.1) is 17.8 Å². The maximum absolute atomic E-state index is 5.78. The molecule has 3 rings (SSSR count). The smallest absolute Gasteiger partial charge is 0.00645 e. The second-order valence-corrected chi connectivity index (χ2v) is 8.78. The van der Waals surface area contributed by atoms with Crippen molar-refractivity contribution in [3.63, 3.8) is 0 Å². The predicted molar refractivity (Wildman–Crippen MR) is 107 cm³/mol. The predicted octanol–water partition coefficient (Wildman–Crippen LogP) is 4.57. The molecule has 0 amide bonds. The van der Waals surface area contributed by atoms with Crippen LogP contribution >= 0.6 is 0 Å². The molecular formula is C21H45N3. The average molecular weight is 340 g/mol. The lowest BCUT2D eigenvalue weighted by atomic mass is 9.87. The minimum Gasteiger partial charge on any atom is -0.327 e. The van der Waals surface area contributed by atoms with Crippen LogP contribution in [0.25, 0.3) is 0 Å². The molecule has 0 aromatic rings. The largest absolute Gasteiger partial charge is 0.327 e. The Bertz CT molecular complexity index is 230. The van der Waals surface area contributed by atoms with E-state index in [1.807, 2.05) is 0 Å². The summed E-state index contributed by atoms with van der Waals surface area (Å²) in [6.45, 7) is 6.76. The van der Waals surface area contributed by atoms with Crippen molar-refractivity contribution in [1.29, 1.82) is 0 Å². The minimum absolute atomic E-state index is 0.503. The minimum atomic E-state index is 0.503. The SMILES string of the molecule is CC1CCCCC1N.C[C@@H]1CCCC[C@@H]1N.C[C@@H]1CCCC[C@@H]1N. The maximum Gasteiger partial charge on any atom is 0.00645 e. The lowest BCUT2D eigenvalue weighted by molar-refractivity contribution is 0.331. The summed E-state index contributed by atoms with van der Waals surface area (Å²) in [6.07, 6.45) is 16.0. The molecule has 24 heavy (non-hydrogen) atoms. The molecule has 2 unspecified atom stereocenters. The first kappa shape index (κ1) is 21.9. The van der Waals surface area contributed by atoms with Gasteiger partial charge in [0, 0.05) is 18.1 Å². The van der Waals surface area contributed by atoms with Gasteiger partial charge in [0.15, 0.2) is 0 Å². The molecule has 0 spiro atoms. The zero-order chi connectivity index (χ0) is 17.9. The standard InChI is InChI=1S/3C7H15N/c3*1-6-4-2-3-5-7(6)8/h3*6-7H,2-5,8H2,1H3/t2*6-,7+;/m11./s1. The monoisotopic (exact) mass is 339 g/mol. The Morgan fingerprint density at radius 1 is 0.417 bits per heavy atom. The molecule has 0 bridgehead atoms. The van der Waals surface area contributed by atoms with E-state index in [0.29, 0.717) is 18.1 Å². The summed E-state index contributed by atoms with van der Waals surface area (Å²) in [7, 11) is 0. The van der Waals surface area contributed by atoms with Crippen molar-refractivity contribution in [3.05, 3.63) is 0 Å². The third-order valence-electron chi connectivity index (χ3n) is 6.53. The Labute approximate surface area is 151 Å². The van der Waals surface area contributed by atoms with Crippen molar-refractivity contribution in [1.82, 2.24) is 0 Å². The van der Waals surface area contributed by atoms with Gasteiger partial charge in [0.05, 0.1) is 0 Å². The summed E-state index contributed by atoms with van der Waals surface area (Å²) in [5.41, 5.74) is 17.3. The number of rotatable bonds is 0. The van der Waals surface area contributed by atoms with Crippen LogP contribution < -0.4 is 17.2 Å². The van der Waals surface area contributed by atoms with Crippen molar-refractivity contribution in [2.75, 3.05) is 0 Å². The average Bonchev–Trinajstić information content (AvgIpc) is 2.57. The van der Waals surface area contributed by atoms with E-state index in [1.54, 1.807) is 0 Å². The summed E-state index contributed by atoms with van der Waals surface area (Å²) >= 11 is 0. The highest BCUT2D eigenvalue weighted by Gasteiger charge is 2.17. The second kappa shape index (κ2) is 12.3. The molecule has 3 aliphatic carbocycles. The topological polar surface area (TPSA) is 78.1 Å². The van der Waals surface area contributed by atoms with Gasteiger partial charge in [0.25, 0.3) is 0 Å². The summed E-state index contributed by atoms with van der Waals surface area (Å²) < 4.78 is 0. The number of nitrogens with two attached hydrogens (primary N) is 3. The fraction of sp³-hybridized carbons (Fsp3) is 1.00. The van der Waals surface area contributed by atoms with Crippen LogP contribution in [-0.4, -0.2) is 18.1 Å². The van der Waals surface area contributed by atoms with Gasteiger partial charge in [-0.25, -0.2) is 0 Å². The molecular weight excluding hydrogens is 294 g/mol. The summed E-state index contributed by atoms with van der Waals surface area (Å²) in [5, 5.41) is 0. The van der Waals surface area contributed by atoms with Crippen LogP contribution in [0.4, 0.5) is 0 Å². The lowest BCUT2D eigenvalue weighted by Gasteiger charge is -2.24. The van der Waals surface area contributed by atoms with Gasteiger partial charge in [-0.2, -0.15) is 0 Å². The van der Waals surface area contributed by atoms with E-state index >= 15 is 0 Å². The van der Waals surface area contributed by atoms with Gasteiger partial charge in [0.1, 0.15) is 0 Å². The Hall–Kier alpha value is -0.120. The summed E-state index contributed by atoms with van der Waals surface area (Å²) in [5.74, 6) is 2.34. The van der Waals surface area contributed by atoms with E-state index in [1.165, 1.54) is 77.0 Å². The zero-order valence-corrected chi connectivity index (χ0v) is 16.7. The van der Waals surface area contributed by atoms with Crippen molar-refractivity contribution >= 4 is 0 Å². The molecule has 0 aromatic heterocycles. The van der Waals surface area contributed by atoms with Crippen molar-refractivity contribution in [3.8, 4) is 0 Å². The molecule has 0 radical (unpaired) electrons. The molecule has 6 atom stereocenters. The first-order valence-corrected chi connectivity index (χ1v) is 10.7. The molecule has 0 heterocycles. The molecule has 3 nitrogen and oxygen atoms in total. The third kappa shape index (κ3) is 8.82. The molecule has 0 saturated heterocycles. The fourth-order valence-electron chi connectivity index (χ4n) is 4.03. The molecule has 144 valence electrons. The van der Waals surface area contributed by atoms with Gasteiger partial charge in [-0.1, -0.05) is 59.3 Å². The molecule has 0 aliphatic heterocycles. The first-order chi connectivity index (χ1) is 11.4. The Balaban J connectivity index is 0.000000180. The van der Waals surface area contributed by atoms with Crippen LogP contribution in [-0.2, 0) is 0 Å². The first-order valence-electron chi connectivity index (χ1n) is 10.7. The van der Waals surface area contributed by atoms with E-state index in [-0.39, 0.29) is 0 Å². The molecule has 3 saturated carbocycles. The van der Waals surface area contributed by atoms with Gasteiger partial charge in [0.2, 0.25) is 0 Å². The van der Waals surface area contributed by atoms with Crippen LogP contribution in [0.15, 0.2) is 0 Å². The summed E-state index contributed by atoms with van der Waals surface area (Å²) in [6, 6.07) is 1.51. The Kier molecular flexibility index (Phi) is 11.2. The zero-order valence-electron chi connectivity index (χ0n) is 16.7. The van der Waals surface area contributed by atoms with Crippen LogP contribution in [0.3, 0.4) is 0 Å². The number of hydrogen-bond acceptors (Lipinski definition) is 3. The quantitative estimate of drug-likeness (QED) is 0.605. The van der Waals surface area contributed by atoms with Crippen LogP contribution in [0.2, 0.25) is 0 Å². The Morgan fingerprint density at radius 3 is 0.750 bits per heavy atom. The third-order valence-corrected chi connectivity index (χ3v) is 6.53. The molecule has 3 heteroatoms. The molecule has 3 fully saturated rings. The normalized spacial score (nSPS) is 39.8. The highest BCUT2D eigenvalue weighted by Crippen LogP contribution is 2.22. The Morgan fingerprint density at radius 2 is 0.625 bits per heavy atom. The van der Waals surface area contributed by atoms with Gasteiger partial charge < -0.3 is 17.2 Å². The highest BCUT2D eigenvalue weighted by molar-refractivity contribution is 4.75. The van der Waals surface area contributed by atoms with Crippen molar-refractivity contribution in [2.24, 2.45) is 35.0 Å². The van der Waals surface area contributed by atoms with Crippen molar-refractivity contribution in [2.45, 2.75) is 116 Å². The number of hydrogen-bond donors (Lipinski definition) is 3. The highest BCUT2D eigenvalue weighted by atomic mass is 14.7. The van der Waals surface area contributed by atoms with Gasteiger partial charge >= 0.3 is 0 Å². The van der Waals surface area contributed by atoms with E-state index < -0.39 is 0 Å². The molecule has 6 N–H and O–H groups in total. The summed E-state index contributed by atoms with van der Waals surface area (Å²) in [4.78, 5) is 0. The van der Waals surface area contributed by atoms with E-state index in [0.717, 1.165) is 17.8 Å². The van der Waals surface area contributed by atoms with Gasteiger partial charge in [-0.15, -0.1) is 0 Å². The van der Waals surface area contributed by atoms with E-state index in [4.69, 9.17) is 17.2 Å². The van der Waals surface area contributed by atoms with Gasteiger partial charge in [-0.05, 0) is 56.3 Å².